The predicted octanol–water partition coefficient (Wildman–Crippen LogP) is 5.70. The van der Waals surface area contributed by atoms with Crippen molar-refractivity contribution in [1.82, 2.24) is 14.5 Å². The minimum atomic E-state index is 0.0359. The lowest BCUT2D eigenvalue weighted by Crippen LogP contribution is -2.28. The zero-order valence-corrected chi connectivity index (χ0v) is 19.1. The molecular formula is C25H28N4S. The standard InChI is InChI=1S/C25H28N4S/c1-15-9-10-16(2)22(12-15)29-17(3)13-20(19(29)5)24-23(21-8-6-7-11-26-21)27-25-28(24)14-18(4)30-25/h6-13,18,23-24H,14H2,1-5H3/t18-,23+,24+/m0/s1. The highest BCUT2D eigenvalue weighted by atomic mass is 32.2. The quantitative estimate of drug-likeness (QED) is 0.549. The summed E-state index contributed by atoms with van der Waals surface area (Å²) in [6.07, 6.45) is 1.88. The molecule has 2 aliphatic rings. The van der Waals surface area contributed by atoms with E-state index in [9.17, 15) is 0 Å². The molecule has 0 N–H and O–H groups in total. The first-order valence-corrected chi connectivity index (χ1v) is 11.5. The average molecular weight is 417 g/mol. The molecule has 154 valence electrons. The monoisotopic (exact) mass is 416 g/mol. The average Bonchev–Trinajstić information content (AvgIpc) is 3.34. The molecular weight excluding hydrogens is 388 g/mol. The number of aromatic nitrogens is 2. The molecule has 3 aromatic rings. The van der Waals surface area contributed by atoms with Crippen LogP contribution in [0.2, 0.25) is 0 Å². The topological polar surface area (TPSA) is 33.4 Å². The molecule has 3 atom stereocenters. The Morgan fingerprint density at radius 2 is 1.87 bits per heavy atom. The van der Waals surface area contributed by atoms with Crippen LogP contribution >= 0.6 is 11.8 Å². The van der Waals surface area contributed by atoms with Crippen molar-refractivity contribution >= 4 is 16.9 Å². The van der Waals surface area contributed by atoms with Gasteiger partial charge in [-0.3, -0.25) is 9.98 Å². The van der Waals surface area contributed by atoms with Crippen LogP contribution in [0, 0.1) is 27.7 Å². The number of fused-ring (bicyclic) bond motifs is 1. The number of rotatable bonds is 3. The van der Waals surface area contributed by atoms with Gasteiger partial charge in [0.1, 0.15) is 6.04 Å². The maximum absolute atomic E-state index is 5.15. The van der Waals surface area contributed by atoms with Crippen molar-refractivity contribution in [2.45, 2.75) is 52.0 Å². The van der Waals surface area contributed by atoms with E-state index in [0.29, 0.717) is 5.25 Å². The van der Waals surface area contributed by atoms with Gasteiger partial charge < -0.3 is 9.47 Å². The SMILES string of the molecule is Cc1ccc(C)c(-n2c(C)cc([C@@H]3[C@@H](c4ccccn4)N=C4S[C@@H](C)CN43)c2C)c1. The van der Waals surface area contributed by atoms with E-state index in [1.54, 1.807) is 0 Å². The van der Waals surface area contributed by atoms with Crippen molar-refractivity contribution in [3.05, 3.63) is 82.4 Å². The number of nitrogens with zero attached hydrogens (tertiary/aromatic N) is 4. The summed E-state index contributed by atoms with van der Waals surface area (Å²) in [5, 5.41) is 1.73. The van der Waals surface area contributed by atoms with Gasteiger partial charge in [0.15, 0.2) is 5.17 Å². The number of amidine groups is 1. The Labute approximate surface area is 183 Å². The largest absolute Gasteiger partial charge is 0.341 e. The molecule has 1 fully saturated rings. The van der Waals surface area contributed by atoms with Crippen LogP contribution in [0.3, 0.4) is 0 Å². The van der Waals surface area contributed by atoms with Crippen molar-refractivity contribution < 1.29 is 0 Å². The van der Waals surface area contributed by atoms with Gasteiger partial charge >= 0.3 is 0 Å². The van der Waals surface area contributed by atoms with Gasteiger partial charge in [-0.2, -0.15) is 0 Å². The molecule has 0 aliphatic carbocycles. The molecule has 1 aromatic carbocycles. The zero-order valence-electron chi connectivity index (χ0n) is 18.3. The number of benzene rings is 1. The van der Waals surface area contributed by atoms with E-state index in [0.717, 1.165) is 12.2 Å². The van der Waals surface area contributed by atoms with Crippen LogP contribution in [-0.4, -0.2) is 31.4 Å². The number of hydrogen-bond donors (Lipinski definition) is 0. The molecule has 0 amide bonds. The second-order valence-electron chi connectivity index (χ2n) is 8.59. The third-order valence-electron chi connectivity index (χ3n) is 6.28. The summed E-state index contributed by atoms with van der Waals surface area (Å²) in [5.74, 6) is 0. The fraction of sp³-hybridized carbons (Fsp3) is 0.360. The van der Waals surface area contributed by atoms with Crippen LogP contribution < -0.4 is 0 Å². The molecule has 0 unspecified atom stereocenters. The van der Waals surface area contributed by atoms with E-state index >= 15 is 0 Å². The molecule has 1 saturated heterocycles. The lowest BCUT2D eigenvalue weighted by molar-refractivity contribution is 0.320. The molecule has 4 nitrogen and oxygen atoms in total. The second kappa shape index (κ2) is 7.31. The number of aryl methyl sites for hydroxylation is 3. The van der Waals surface area contributed by atoms with Gasteiger partial charge in [-0.1, -0.05) is 36.9 Å². The molecule has 0 bridgehead atoms. The Morgan fingerprint density at radius 3 is 2.63 bits per heavy atom. The summed E-state index contributed by atoms with van der Waals surface area (Å²) in [4.78, 5) is 12.3. The van der Waals surface area contributed by atoms with Gasteiger partial charge in [0, 0.05) is 35.1 Å². The summed E-state index contributed by atoms with van der Waals surface area (Å²) < 4.78 is 2.41. The molecule has 2 aromatic heterocycles. The smallest absolute Gasteiger partial charge is 0.160 e. The number of aliphatic imine (C=N–C) groups is 1. The Morgan fingerprint density at radius 1 is 1.03 bits per heavy atom. The van der Waals surface area contributed by atoms with E-state index in [-0.39, 0.29) is 12.1 Å². The van der Waals surface area contributed by atoms with Crippen LogP contribution in [-0.2, 0) is 0 Å². The van der Waals surface area contributed by atoms with Crippen molar-refractivity contribution in [2.75, 3.05) is 6.54 Å². The Bertz CT molecular complexity index is 1130. The third kappa shape index (κ3) is 3.07. The normalized spacial score (nSPS) is 23.0. The van der Waals surface area contributed by atoms with Gasteiger partial charge in [-0.05, 0) is 68.7 Å². The van der Waals surface area contributed by atoms with Gasteiger partial charge in [-0.15, -0.1) is 0 Å². The van der Waals surface area contributed by atoms with Crippen LogP contribution in [0.1, 0.15) is 52.8 Å². The van der Waals surface area contributed by atoms with Gasteiger partial charge in [0.2, 0.25) is 0 Å². The summed E-state index contributed by atoms with van der Waals surface area (Å²) in [7, 11) is 0. The van der Waals surface area contributed by atoms with Crippen LogP contribution in [0.25, 0.3) is 5.69 Å². The van der Waals surface area contributed by atoms with Crippen molar-refractivity contribution in [3.8, 4) is 5.69 Å². The number of pyridine rings is 1. The van der Waals surface area contributed by atoms with E-state index < -0.39 is 0 Å². The second-order valence-corrected chi connectivity index (χ2v) is 9.99. The molecule has 0 radical (unpaired) electrons. The predicted molar refractivity (Wildman–Crippen MR) is 126 cm³/mol. The van der Waals surface area contributed by atoms with Gasteiger partial charge in [0.25, 0.3) is 0 Å². The first-order valence-electron chi connectivity index (χ1n) is 10.6. The Hall–Kier alpha value is -2.53. The molecule has 0 saturated carbocycles. The summed E-state index contributed by atoms with van der Waals surface area (Å²) in [6.45, 7) is 12.1. The lowest BCUT2D eigenvalue weighted by Gasteiger charge is -2.27. The molecule has 4 heterocycles. The van der Waals surface area contributed by atoms with E-state index in [1.807, 2.05) is 24.0 Å². The van der Waals surface area contributed by atoms with Crippen molar-refractivity contribution in [1.29, 1.82) is 0 Å². The number of thioether (sulfide) groups is 1. The Balaban J connectivity index is 1.64. The molecule has 2 aliphatic heterocycles. The van der Waals surface area contributed by atoms with Gasteiger partial charge in [0.05, 0.1) is 11.7 Å². The van der Waals surface area contributed by atoms with E-state index in [4.69, 9.17) is 4.99 Å². The zero-order chi connectivity index (χ0) is 21.0. The number of hydrogen-bond acceptors (Lipinski definition) is 4. The highest BCUT2D eigenvalue weighted by molar-refractivity contribution is 8.14. The first-order chi connectivity index (χ1) is 14.4. The fourth-order valence-corrected chi connectivity index (χ4v) is 5.96. The van der Waals surface area contributed by atoms with E-state index in [1.165, 1.54) is 38.9 Å². The maximum atomic E-state index is 5.15. The van der Waals surface area contributed by atoms with Gasteiger partial charge in [-0.25, -0.2) is 0 Å². The summed E-state index contributed by atoms with van der Waals surface area (Å²) in [5.41, 5.74) is 8.83. The molecule has 5 heteroatoms. The minimum absolute atomic E-state index is 0.0359. The summed E-state index contributed by atoms with van der Waals surface area (Å²) >= 11 is 1.89. The van der Waals surface area contributed by atoms with E-state index in [2.05, 4.69) is 85.5 Å². The van der Waals surface area contributed by atoms with Crippen LogP contribution in [0.4, 0.5) is 0 Å². The van der Waals surface area contributed by atoms with Crippen molar-refractivity contribution in [2.24, 2.45) is 4.99 Å². The maximum Gasteiger partial charge on any atom is 0.160 e. The Kier molecular flexibility index (Phi) is 4.73. The van der Waals surface area contributed by atoms with Crippen molar-refractivity contribution in [3.63, 3.8) is 0 Å². The third-order valence-corrected chi connectivity index (χ3v) is 7.38. The van der Waals surface area contributed by atoms with Crippen LogP contribution in [0.5, 0.6) is 0 Å². The minimum Gasteiger partial charge on any atom is -0.341 e. The fourth-order valence-electron chi connectivity index (χ4n) is 4.87. The highest BCUT2D eigenvalue weighted by Gasteiger charge is 2.44. The summed E-state index contributed by atoms with van der Waals surface area (Å²) in [6, 6.07) is 15.4. The molecule has 30 heavy (non-hydrogen) atoms. The van der Waals surface area contributed by atoms with Crippen LogP contribution in [0.15, 0.2) is 53.7 Å². The molecule has 5 rings (SSSR count). The highest BCUT2D eigenvalue weighted by Crippen LogP contribution is 2.49. The first kappa shape index (κ1) is 19.4. The lowest BCUT2D eigenvalue weighted by atomic mass is 9.96. The molecule has 0 spiro atoms.